The molecule has 0 spiro atoms. The van der Waals surface area contributed by atoms with Crippen molar-refractivity contribution in [1.29, 1.82) is 0 Å². The summed E-state index contributed by atoms with van der Waals surface area (Å²) in [4.78, 5) is 28.5. The molecule has 1 saturated heterocycles. The summed E-state index contributed by atoms with van der Waals surface area (Å²) < 4.78 is 0. The lowest BCUT2D eigenvalue weighted by Crippen LogP contribution is -2.48. The predicted molar refractivity (Wildman–Crippen MR) is 136 cm³/mol. The van der Waals surface area contributed by atoms with Gasteiger partial charge in [0.2, 0.25) is 5.91 Å². The smallest absolute Gasteiger partial charge is 0.228 e. The molecule has 4 heterocycles. The van der Waals surface area contributed by atoms with E-state index >= 15 is 0 Å². The van der Waals surface area contributed by atoms with E-state index in [1.54, 1.807) is 35.1 Å². The molecule has 0 N–H and O–H groups in total. The largest absolute Gasteiger partial charge is 0.340 e. The van der Waals surface area contributed by atoms with E-state index in [1.165, 1.54) is 9.75 Å². The van der Waals surface area contributed by atoms with Gasteiger partial charge in [0.1, 0.15) is 5.01 Å². The molecule has 5 nitrogen and oxygen atoms in total. The van der Waals surface area contributed by atoms with Crippen molar-refractivity contribution in [3.63, 3.8) is 0 Å². The quantitative estimate of drug-likeness (QED) is 0.356. The number of nitrogens with zero attached hydrogens (tertiary/aromatic N) is 4. The molecule has 0 unspecified atom stereocenters. The maximum absolute atomic E-state index is 12.8. The Hall–Kier alpha value is -2.58. The summed E-state index contributed by atoms with van der Waals surface area (Å²) in [6, 6.07) is 16.2. The van der Waals surface area contributed by atoms with Gasteiger partial charge < -0.3 is 4.90 Å². The highest BCUT2D eigenvalue weighted by Gasteiger charge is 2.22. The number of amides is 1. The number of halogens is 1. The minimum atomic E-state index is 0.148. The van der Waals surface area contributed by atoms with E-state index in [0.717, 1.165) is 59.6 Å². The van der Waals surface area contributed by atoms with E-state index in [9.17, 15) is 4.79 Å². The van der Waals surface area contributed by atoms with Crippen molar-refractivity contribution in [2.45, 2.75) is 13.0 Å². The standard InChI is InChI=1S/C25H23ClN4OS2/c26-22-6-2-1-5-21(22)23-8-7-20(33-23)16-29-10-12-30(13-11-29)24(31)14-19-17-32-25(28-19)18-4-3-9-27-15-18/h1-9,15,17H,10-14,16H2. The summed E-state index contributed by atoms with van der Waals surface area (Å²) in [6.07, 6.45) is 3.90. The Morgan fingerprint density at radius 2 is 1.88 bits per heavy atom. The van der Waals surface area contributed by atoms with Crippen molar-refractivity contribution in [3.8, 4) is 21.0 Å². The number of benzene rings is 1. The zero-order valence-corrected chi connectivity index (χ0v) is 20.4. The molecule has 0 aliphatic carbocycles. The van der Waals surface area contributed by atoms with E-state index in [2.05, 4.69) is 33.1 Å². The lowest BCUT2D eigenvalue weighted by Gasteiger charge is -2.34. The van der Waals surface area contributed by atoms with E-state index in [1.807, 2.05) is 40.6 Å². The van der Waals surface area contributed by atoms with E-state index in [-0.39, 0.29) is 5.91 Å². The van der Waals surface area contributed by atoms with Gasteiger partial charge in [0.25, 0.3) is 0 Å². The van der Waals surface area contributed by atoms with Gasteiger partial charge in [-0.15, -0.1) is 22.7 Å². The van der Waals surface area contributed by atoms with E-state index < -0.39 is 0 Å². The van der Waals surface area contributed by atoms with Gasteiger partial charge in [-0.2, -0.15) is 0 Å². The minimum Gasteiger partial charge on any atom is -0.340 e. The zero-order valence-electron chi connectivity index (χ0n) is 18.0. The molecule has 4 aromatic rings. The Labute approximate surface area is 206 Å². The zero-order chi connectivity index (χ0) is 22.6. The molecule has 1 aliphatic heterocycles. The fourth-order valence-electron chi connectivity index (χ4n) is 3.92. The highest BCUT2D eigenvalue weighted by Crippen LogP contribution is 2.33. The molecule has 33 heavy (non-hydrogen) atoms. The third kappa shape index (κ3) is 5.33. The number of rotatable bonds is 6. The second-order valence-electron chi connectivity index (χ2n) is 7.97. The summed E-state index contributed by atoms with van der Waals surface area (Å²) in [7, 11) is 0. The number of pyridine rings is 1. The van der Waals surface area contributed by atoms with Crippen molar-refractivity contribution in [2.24, 2.45) is 0 Å². The third-order valence-corrected chi connectivity index (χ3v) is 8.07. The maximum atomic E-state index is 12.8. The van der Waals surface area contributed by atoms with Crippen LogP contribution in [0.3, 0.4) is 0 Å². The molecular weight excluding hydrogens is 472 g/mol. The lowest BCUT2D eigenvalue weighted by atomic mass is 10.2. The highest BCUT2D eigenvalue weighted by molar-refractivity contribution is 7.15. The van der Waals surface area contributed by atoms with Crippen LogP contribution in [-0.2, 0) is 17.8 Å². The number of aromatic nitrogens is 2. The number of thiophene rings is 1. The fourth-order valence-corrected chi connectivity index (χ4v) is 6.11. The number of piperazine rings is 1. The lowest BCUT2D eigenvalue weighted by molar-refractivity contribution is -0.132. The van der Waals surface area contributed by atoms with Crippen LogP contribution in [0, 0.1) is 0 Å². The van der Waals surface area contributed by atoms with Gasteiger partial charge >= 0.3 is 0 Å². The van der Waals surface area contributed by atoms with Crippen LogP contribution in [-0.4, -0.2) is 51.9 Å². The van der Waals surface area contributed by atoms with Crippen LogP contribution in [0.2, 0.25) is 5.02 Å². The van der Waals surface area contributed by atoms with E-state index in [4.69, 9.17) is 11.6 Å². The average molecular weight is 495 g/mol. The van der Waals surface area contributed by atoms with Crippen LogP contribution in [0.1, 0.15) is 10.6 Å². The van der Waals surface area contributed by atoms with Gasteiger partial charge in [-0.1, -0.05) is 29.8 Å². The average Bonchev–Trinajstić information content (AvgIpc) is 3.50. The summed E-state index contributed by atoms with van der Waals surface area (Å²) in [5.74, 6) is 0.148. The van der Waals surface area contributed by atoms with Crippen molar-refractivity contribution in [2.75, 3.05) is 26.2 Å². The topological polar surface area (TPSA) is 49.3 Å². The summed E-state index contributed by atoms with van der Waals surface area (Å²) in [5, 5.41) is 3.66. The normalized spacial score (nSPS) is 14.5. The molecule has 0 atom stereocenters. The van der Waals surface area contributed by atoms with Gasteiger partial charge in [0.15, 0.2) is 0 Å². The highest BCUT2D eigenvalue weighted by atomic mass is 35.5. The molecule has 168 valence electrons. The molecule has 0 bridgehead atoms. The van der Waals surface area contributed by atoms with Crippen LogP contribution in [0.15, 0.2) is 66.3 Å². The number of carbonyl (C=O) groups is 1. The van der Waals surface area contributed by atoms with Gasteiger partial charge in [-0.25, -0.2) is 4.98 Å². The summed E-state index contributed by atoms with van der Waals surface area (Å²) in [6.45, 7) is 4.16. The van der Waals surface area contributed by atoms with Crippen LogP contribution < -0.4 is 0 Å². The number of hydrogen-bond acceptors (Lipinski definition) is 6. The number of hydrogen-bond donors (Lipinski definition) is 0. The molecule has 8 heteroatoms. The molecule has 5 rings (SSSR count). The minimum absolute atomic E-state index is 0.148. The van der Waals surface area contributed by atoms with Crippen molar-refractivity contribution < 1.29 is 4.79 Å². The molecule has 0 radical (unpaired) electrons. The second kappa shape index (κ2) is 10.1. The van der Waals surface area contributed by atoms with Crippen LogP contribution in [0.4, 0.5) is 0 Å². The predicted octanol–water partition coefficient (Wildman–Crippen LogP) is 5.47. The summed E-state index contributed by atoms with van der Waals surface area (Å²) >= 11 is 9.69. The first-order valence-corrected chi connectivity index (χ1v) is 12.9. The summed E-state index contributed by atoms with van der Waals surface area (Å²) in [5.41, 5.74) is 2.90. The van der Waals surface area contributed by atoms with Gasteiger partial charge in [0, 0.05) is 76.4 Å². The Balaban J connectivity index is 1.13. The molecule has 0 saturated carbocycles. The fraction of sp³-hybridized carbons (Fsp3) is 0.240. The van der Waals surface area contributed by atoms with Gasteiger partial charge in [0.05, 0.1) is 12.1 Å². The molecule has 1 amide bonds. The third-order valence-electron chi connectivity index (χ3n) is 5.70. The Morgan fingerprint density at radius 1 is 1.03 bits per heavy atom. The molecule has 3 aromatic heterocycles. The molecule has 1 aromatic carbocycles. The Kier molecular flexibility index (Phi) is 6.83. The van der Waals surface area contributed by atoms with Crippen LogP contribution >= 0.6 is 34.3 Å². The Morgan fingerprint density at radius 3 is 2.67 bits per heavy atom. The van der Waals surface area contributed by atoms with Crippen molar-refractivity contribution in [1.82, 2.24) is 19.8 Å². The molecular formula is C25H23ClN4OS2. The number of thiazole rings is 1. The van der Waals surface area contributed by atoms with Crippen molar-refractivity contribution in [3.05, 3.63) is 81.9 Å². The molecule has 1 fully saturated rings. The first kappa shape index (κ1) is 22.2. The van der Waals surface area contributed by atoms with E-state index in [0.29, 0.717) is 6.42 Å². The second-order valence-corrected chi connectivity index (χ2v) is 10.4. The Bertz CT molecular complexity index is 1230. The monoisotopic (exact) mass is 494 g/mol. The number of carbonyl (C=O) groups excluding carboxylic acids is 1. The van der Waals surface area contributed by atoms with Crippen LogP contribution in [0.25, 0.3) is 21.0 Å². The van der Waals surface area contributed by atoms with Gasteiger partial charge in [-0.3, -0.25) is 14.7 Å². The van der Waals surface area contributed by atoms with Gasteiger partial charge in [-0.05, 0) is 30.3 Å². The first-order valence-electron chi connectivity index (χ1n) is 10.8. The van der Waals surface area contributed by atoms with Crippen molar-refractivity contribution >= 4 is 40.2 Å². The molecule has 1 aliphatic rings. The SMILES string of the molecule is O=C(Cc1csc(-c2cccnc2)n1)N1CCN(Cc2ccc(-c3ccccc3Cl)s2)CC1. The first-order chi connectivity index (χ1) is 16.2. The maximum Gasteiger partial charge on any atom is 0.228 e. The van der Waals surface area contributed by atoms with Crippen LogP contribution in [0.5, 0.6) is 0 Å².